The molecule has 0 saturated carbocycles. The lowest BCUT2D eigenvalue weighted by Gasteiger charge is -2.32. The van der Waals surface area contributed by atoms with E-state index >= 15 is 0 Å². The third kappa shape index (κ3) is 4.74. The van der Waals surface area contributed by atoms with Gasteiger partial charge in [0.05, 0.1) is 5.56 Å². The van der Waals surface area contributed by atoms with Crippen molar-refractivity contribution in [1.29, 1.82) is 0 Å². The van der Waals surface area contributed by atoms with Gasteiger partial charge in [0.25, 0.3) is 0 Å². The van der Waals surface area contributed by atoms with E-state index in [1.807, 2.05) is 0 Å². The van der Waals surface area contributed by atoms with Crippen LogP contribution in [-0.4, -0.2) is 29.9 Å². The monoisotopic (exact) mass is 300 g/mol. The standard InChI is InChI=1S/C15H19F3N2O/c1-11(21)19-14-6-8-20(9-7-14)10-12-2-4-13(5-3-12)15(16,17)18/h2-5,14H,6-10H2,1H3,(H,19,21). The lowest BCUT2D eigenvalue weighted by Crippen LogP contribution is -2.43. The molecule has 1 aliphatic rings. The fourth-order valence-corrected chi connectivity index (χ4v) is 2.58. The van der Waals surface area contributed by atoms with Crippen molar-refractivity contribution in [2.45, 2.75) is 38.5 Å². The Balaban J connectivity index is 1.85. The van der Waals surface area contributed by atoms with Crippen molar-refractivity contribution in [2.24, 2.45) is 0 Å². The predicted octanol–water partition coefficient (Wildman–Crippen LogP) is 2.81. The maximum absolute atomic E-state index is 12.5. The summed E-state index contributed by atoms with van der Waals surface area (Å²) in [5.74, 6) is -0.0174. The molecule has 0 spiro atoms. The van der Waals surface area contributed by atoms with Gasteiger partial charge in [0, 0.05) is 32.6 Å². The zero-order valence-electron chi connectivity index (χ0n) is 11.9. The van der Waals surface area contributed by atoms with E-state index in [1.54, 1.807) is 0 Å². The van der Waals surface area contributed by atoms with E-state index in [2.05, 4.69) is 10.2 Å². The molecule has 1 heterocycles. The van der Waals surface area contributed by atoms with Crippen LogP contribution in [0.15, 0.2) is 24.3 Å². The highest BCUT2D eigenvalue weighted by Crippen LogP contribution is 2.29. The summed E-state index contributed by atoms with van der Waals surface area (Å²) in [6.45, 7) is 3.83. The summed E-state index contributed by atoms with van der Waals surface area (Å²) in [5, 5.41) is 2.90. The van der Waals surface area contributed by atoms with E-state index in [4.69, 9.17) is 0 Å². The maximum Gasteiger partial charge on any atom is 0.416 e. The Hall–Kier alpha value is -1.56. The highest BCUT2D eigenvalue weighted by molar-refractivity contribution is 5.73. The molecule has 0 atom stereocenters. The van der Waals surface area contributed by atoms with Gasteiger partial charge in [-0.3, -0.25) is 9.69 Å². The third-order valence-corrected chi connectivity index (χ3v) is 3.68. The fraction of sp³-hybridized carbons (Fsp3) is 0.533. The number of benzene rings is 1. The van der Waals surface area contributed by atoms with Crippen LogP contribution < -0.4 is 5.32 Å². The lowest BCUT2D eigenvalue weighted by molar-refractivity contribution is -0.137. The van der Waals surface area contributed by atoms with Crippen molar-refractivity contribution >= 4 is 5.91 Å². The number of rotatable bonds is 3. The van der Waals surface area contributed by atoms with E-state index in [0.717, 1.165) is 43.6 Å². The van der Waals surface area contributed by atoms with E-state index < -0.39 is 11.7 Å². The van der Waals surface area contributed by atoms with Crippen LogP contribution in [0.5, 0.6) is 0 Å². The molecule has 0 aromatic heterocycles. The molecule has 1 fully saturated rings. The Kier molecular flexibility index (Phi) is 4.88. The first kappa shape index (κ1) is 15.8. The van der Waals surface area contributed by atoms with Crippen molar-refractivity contribution in [3.63, 3.8) is 0 Å². The summed E-state index contributed by atoms with van der Waals surface area (Å²) in [6.07, 6.45) is -2.53. The predicted molar refractivity (Wildman–Crippen MR) is 73.6 cm³/mol. The van der Waals surface area contributed by atoms with Crippen molar-refractivity contribution < 1.29 is 18.0 Å². The molecule has 1 N–H and O–H groups in total. The first-order chi connectivity index (χ1) is 9.84. The second-order valence-corrected chi connectivity index (χ2v) is 5.45. The highest BCUT2D eigenvalue weighted by Gasteiger charge is 2.30. The molecule has 1 aliphatic heterocycles. The topological polar surface area (TPSA) is 32.3 Å². The normalized spacial score (nSPS) is 17.7. The van der Waals surface area contributed by atoms with Gasteiger partial charge in [0.2, 0.25) is 5.91 Å². The molecular weight excluding hydrogens is 281 g/mol. The molecule has 1 aromatic rings. The summed E-state index contributed by atoms with van der Waals surface area (Å²) >= 11 is 0. The molecule has 1 aromatic carbocycles. The first-order valence-electron chi connectivity index (χ1n) is 7.00. The molecular formula is C15H19F3N2O. The molecule has 2 rings (SSSR count). The lowest BCUT2D eigenvalue weighted by atomic mass is 10.0. The number of amides is 1. The minimum absolute atomic E-state index is 0.0174. The van der Waals surface area contributed by atoms with Crippen molar-refractivity contribution in [3.8, 4) is 0 Å². The van der Waals surface area contributed by atoms with Crippen molar-refractivity contribution in [2.75, 3.05) is 13.1 Å². The summed E-state index contributed by atoms with van der Waals surface area (Å²) in [5.41, 5.74) is 0.261. The number of piperidine rings is 1. The number of hydrogen-bond donors (Lipinski definition) is 1. The summed E-state index contributed by atoms with van der Waals surface area (Å²) in [7, 11) is 0. The van der Waals surface area contributed by atoms with Crippen LogP contribution in [0.1, 0.15) is 30.9 Å². The van der Waals surface area contributed by atoms with E-state index in [0.29, 0.717) is 6.54 Å². The second-order valence-electron chi connectivity index (χ2n) is 5.45. The van der Waals surface area contributed by atoms with Gasteiger partial charge in [-0.05, 0) is 30.5 Å². The zero-order chi connectivity index (χ0) is 15.5. The molecule has 0 unspecified atom stereocenters. The second kappa shape index (κ2) is 6.47. The summed E-state index contributed by atoms with van der Waals surface area (Å²) in [6, 6.07) is 5.52. The number of carbonyl (C=O) groups is 1. The Morgan fingerprint density at radius 3 is 2.29 bits per heavy atom. The number of nitrogens with one attached hydrogen (secondary N) is 1. The van der Waals surface area contributed by atoms with Crippen LogP contribution in [-0.2, 0) is 17.5 Å². The Labute approximate surface area is 122 Å². The van der Waals surface area contributed by atoms with E-state index in [-0.39, 0.29) is 11.9 Å². The van der Waals surface area contributed by atoms with E-state index in [9.17, 15) is 18.0 Å². The van der Waals surface area contributed by atoms with Gasteiger partial charge in [0.1, 0.15) is 0 Å². The molecule has 3 nitrogen and oxygen atoms in total. The molecule has 1 amide bonds. The largest absolute Gasteiger partial charge is 0.416 e. The molecule has 21 heavy (non-hydrogen) atoms. The van der Waals surface area contributed by atoms with Crippen molar-refractivity contribution in [1.82, 2.24) is 10.2 Å². The van der Waals surface area contributed by atoms with Crippen LogP contribution in [0.4, 0.5) is 13.2 Å². The van der Waals surface area contributed by atoms with Gasteiger partial charge in [-0.15, -0.1) is 0 Å². The van der Waals surface area contributed by atoms with Gasteiger partial charge < -0.3 is 5.32 Å². The number of carbonyl (C=O) groups excluding carboxylic acids is 1. The van der Waals surface area contributed by atoms with Crippen molar-refractivity contribution in [3.05, 3.63) is 35.4 Å². The van der Waals surface area contributed by atoms with Crippen LogP contribution in [0, 0.1) is 0 Å². The third-order valence-electron chi connectivity index (χ3n) is 3.68. The van der Waals surface area contributed by atoms with Gasteiger partial charge >= 0.3 is 6.18 Å². The van der Waals surface area contributed by atoms with Gasteiger partial charge in [0.15, 0.2) is 0 Å². The quantitative estimate of drug-likeness (QED) is 0.931. The Morgan fingerprint density at radius 1 is 1.24 bits per heavy atom. The van der Waals surface area contributed by atoms with Crippen LogP contribution in [0.3, 0.4) is 0 Å². The van der Waals surface area contributed by atoms with Gasteiger partial charge in [-0.1, -0.05) is 12.1 Å². The molecule has 0 aliphatic carbocycles. The van der Waals surface area contributed by atoms with E-state index in [1.165, 1.54) is 19.1 Å². The highest BCUT2D eigenvalue weighted by atomic mass is 19.4. The zero-order valence-corrected chi connectivity index (χ0v) is 11.9. The fourth-order valence-electron chi connectivity index (χ4n) is 2.58. The number of nitrogens with zero attached hydrogens (tertiary/aromatic N) is 1. The van der Waals surface area contributed by atoms with Gasteiger partial charge in [-0.2, -0.15) is 13.2 Å². The molecule has 0 bridgehead atoms. The van der Waals surface area contributed by atoms with Gasteiger partial charge in [-0.25, -0.2) is 0 Å². The molecule has 6 heteroatoms. The molecule has 0 radical (unpaired) electrons. The minimum atomic E-state index is -4.28. The van der Waals surface area contributed by atoms with Crippen LogP contribution in [0.25, 0.3) is 0 Å². The minimum Gasteiger partial charge on any atom is -0.354 e. The Morgan fingerprint density at radius 2 is 1.81 bits per heavy atom. The molecule has 116 valence electrons. The van der Waals surface area contributed by atoms with Crippen LogP contribution >= 0.6 is 0 Å². The summed E-state index contributed by atoms with van der Waals surface area (Å²) < 4.78 is 37.4. The molecule has 1 saturated heterocycles. The first-order valence-corrected chi connectivity index (χ1v) is 7.00. The Bertz CT molecular complexity index is 477. The average molecular weight is 300 g/mol. The number of hydrogen-bond acceptors (Lipinski definition) is 2. The SMILES string of the molecule is CC(=O)NC1CCN(Cc2ccc(C(F)(F)F)cc2)CC1. The summed E-state index contributed by atoms with van der Waals surface area (Å²) in [4.78, 5) is 13.2. The smallest absolute Gasteiger partial charge is 0.354 e. The number of halogens is 3. The van der Waals surface area contributed by atoms with Crippen LogP contribution in [0.2, 0.25) is 0 Å². The maximum atomic E-state index is 12.5. The average Bonchev–Trinajstić information content (AvgIpc) is 2.40. The number of likely N-dealkylation sites (tertiary alicyclic amines) is 1. The number of alkyl halides is 3.